The van der Waals surface area contributed by atoms with E-state index in [0.717, 1.165) is 17.9 Å². The van der Waals surface area contributed by atoms with Crippen molar-refractivity contribution in [3.8, 4) is 0 Å². The third-order valence-electron chi connectivity index (χ3n) is 3.54. The normalized spacial score (nSPS) is 10.4. The Hall–Kier alpha value is -2.27. The summed E-state index contributed by atoms with van der Waals surface area (Å²) in [6.45, 7) is 6.62. The van der Waals surface area contributed by atoms with Crippen LogP contribution in [0.4, 0.5) is 0 Å². The first-order chi connectivity index (χ1) is 10.5. The van der Waals surface area contributed by atoms with Crippen molar-refractivity contribution in [2.75, 3.05) is 0 Å². The first kappa shape index (κ1) is 16.1. The van der Waals surface area contributed by atoms with E-state index in [9.17, 15) is 9.59 Å². The Morgan fingerprint density at radius 1 is 1.09 bits per heavy atom. The van der Waals surface area contributed by atoms with Crippen molar-refractivity contribution in [2.45, 2.75) is 27.3 Å². The van der Waals surface area contributed by atoms with Crippen molar-refractivity contribution < 1.29 is 9.59 Å². The molecule has 2 aromatic rings. The van der Waals surface area contributed by atoms with Crippen LogP contribution in [0.3, 0.4) is 0 Å². The average Bonchev–Trinajstić information content (AvgIpc) is 2.79. The van der Waals surface area contributed by atoms with E-state index < -0.39 is 5.91 Å². The summed E-state index contributed by atoms with van der Waals surface area (Å²) in [6.07, 6.45) is 0. The molecule has 2 N–H and O–H groups in total. The molecule has 1 aromatic carbocycles. The second-order valence-corrected chi connectivity index (χ2v) is 5.32. The molecule has 1 heterocycles. The predicted molar refractivity (Wildman–Crippen MR) is 86.0 cm³/mol. The molecular formula is C16H18ClN3O2. The van der Waals surface area contributed by atoms with Gasteiger partial charge in [0.1, 0.15) is 0 Å². The monoisotopic (exact) mass is 319 g/mol. The van der Waals surface area contributed by atoms with E-state index in [2.05, 4.69) is 10.9 Å². The van der Waals surface area contributed by atoms with Gasteiger partial charge >= 0.3 is 0 Å². The summed E-state index contributed by atoms with van der Waals surface area (Å²) in [5, 5.41) is 0.332. The number of amides is 2. The Labute approximate surface area is 134 Å². The Morgan fingerprint density at radius 3 is 2.23 bits per heavy atom. The number of nitrogens with zero attached hydrogens (tertiary/aromatic N) is 1. The first-order valence-corrected chi connectivity index (χ1v) is 7.35. The summed E-state index contributed by atoms with van der Waals surface area (Å²) in [6, 6.07) is 8.45. The summed E-state index contributed by atoms with van der Waals surface area (Å²) in [5.41, 5.74) is 7.52. The van der Waals surface area contributed by atoms with Gasteiger partial charge in [0.15, 0.2) is 0 Å². The second kappa shape index (κ2) is 6.66. The summed E-state index contributed by atoms with van der Waals surface area (Å²) in [5.74, 6) is -0.809. The molecule has 2 rings (SSSR count). The summed E-state index contributed by atoms with van der Waals surface area (Å²) in [7, 11) is 0. The lowest BCUT2D eigenvalue weighted by molar-refractivity contribution is 0.0846. The fourth-order valence-corrected chi connectivity index (χ4v) is 2.63. The molecule has 0 aliphatic carbocycles. The minimum absolute atomic E-state index is 0.309. The van der Waals surface area contributed by atoms with Crippen LogP contribution in [0.2, 0.25) is 5.02 Å². The van der Waals surface area contributed by atoms with Gasteiger partial charge in [0, 0.05) is 17.9 Å². The predicted octanol–water partition coefficient (Wildman–Crippen LogP) is 2.85. The highest BCUT2D eigenvalue weighted by molar-refractivity contribution is 6.33. The zero-order valence-corrected chi connectivity index (χ0v) is 13.5. The highest BCUT2D eigenvalue weighted by Crippen LogP contribution is 2.15. The molecule has 0 radical (unpaired) electrons. The van der Waals surface area contributed by atoms with Gasteiger partial charge in [0.05, 0.1) is 16.1 Å². The number of hydrazine groups is 1. The molecule has 0 unspecified atom stereocenters. The van der Waals surface area contributed by atoms with E-state index in [4.69, 9.17) is 11.6 Å². The Morgan fingerprint density at radius 2 is 1.68 bits per heavy atom. The molecule has 0 saturated heterocycles. The molecule has 6 heteroatoms. The quantitative estimate of drug-likeness (QED) is 0.854. The van der Waals surface area contributed by atoms with Gasteiger partial charge < -0.3 is 4.57 Å². The molecule has 5 nitrogen and oxygen atoms in total. The molecule has 22 heavy (non-hydrogen) atoms. The zero-order chi connectivity index (χ0) is 16.3. The third kappa shape index (κ3) is 3.14. The number of hydrogen-bond acceptors (Lipinski definition) is 2. The highest BCUT2D eigenvalue weighted by Gasteiger charge is 2.16. The molecule has 1 aromatic heterocycles. The zero-order valence-electron chi connectivity index (χ0n) is 12.7. The lowest BCUT2D eigenvalue weighted by Gasteiger charge is -2.09. The molecule has 2 amide bonds. The van der Waals surface area contributed by atoms with Gasteiger partial charge in [0.25, 0.3) is 11.8 Å². The minimum atomic E-state index is -0.455. The molecule has 0 spiro atoms. The highest BCUT2D eigenvalue weighted by atomic mass is 35.5. The van der Waals surface area contributed by atoms with Crippen LogP contribution in [0.5, 0.6) is 0 Å². The second-order valence-electron chi connectivity index (χ2n) is 4.92. The molecule has 116 valence electrons. The van der Waals surface area contributed by atoms with E-state index in [-0.39, 0.29) is 5.91 Å². The van der Waals surface area contributed by atoms with E-state index >= 15 is 0 Å². The van der Waals surface area contributed by atoms with Crippen LogP contribution in [0.25, 0.3) is 0 Å². The molecule has 0 aliphatic rings. The van der Waals surface area contributed by atoms with Crippen LogP contribution in [-0.2, 0) is 6.54 Å². The Kier molecular flexibility index (Phi) is 4.88. The van der Waals surface area contributed by atoms with E-state index in [0.29, 0.717) is 16.1 Å². The number of halogens is 1. The van der Waals surface area contributed by atoms with E-state index in [1.54, 1.807) is 30.3 Å². The van der Waals surface area contributed by atoms with Gasteiger partial charge in [0.2, 0.25) is 0 Å². The van der Waals surface area contributed by atoms with Gasteiger partial charge in [-0.1, -0.05) is 23.7 Å². The summed E-state index contributed by atoms with van der Waals surface area (Å²) < 4.78 is 2.03. The SMILES string of the molecule is CCn1c(C)cc(C(=O)NNC(=O)c2ccccc2Cl)c1C. The van der Waals surface area contributed by atoms with Crippen LogP contribution >= 0.6 is 11.6 Å². The van der Waals surface area contributed by atoms with Gasteiger partial charge in [-0.15, -0.1) is 0 Å². The maximum absolute atomic E-state index is 12.2. The molecule has 0 saturated carbocycles. The standard InChI is InChI=1S/C16H18ClN3O2/c1-4-20-10(2)9-13(11(20)3)16(22)19-18-15(21)12-7-5-6-8-14(12)17/h5-9H,4H2,1-3H3,(H,18,21)(H,19,22). The van der Waals surface area contributed by atoms with E-state index in [1.807, 2.05) is 25.3 Å². The van der Waals surface area contributed by atoms with Crippen molar-refractivity contribution in [2.24, 2.45) is 0 Å². The van der Waals surface area contributed by atoms with Gasteiger partial charge in [-0.2, -0.15) is 0 Å². The maximum Gasteiger partial charge on any atom is 0.271 e. The van der Waals surface area contributed by atoms with Crippen molar-refractivity contribution in [3.63, 3.8) is 0 Å². The van der Waals surface area contributed by atoms with Gasteiger partial charge in [-0.25, -0.2) is 0 Å². The number of benzene rings is 1. The molecule has 0 fully saturated rings. The lowest BCUT2D eigenvalue weighted by atomic mass is 10.2. The maximum atomic E-state index is 12.2. The fraction of sp³-hybridized carbons (Fsp3) is 0.250. The lowest BCUT2D eigenvalue weighted by Crippen LogP contribution is -2.41. The first-order valence-electron chi connectivity index (χ1n) is 6.97. The minimum Gasteiger partial charge on any atom is -0.349 e. The summed E-state index contributed by atoms with van der Waals surface area (Å²) in [4.78, 5) is 24.2. The number of carbonyl (C=O) groups is 2. The largest absolute Gasteiger partial charge is 0.349 e. The molecule has 0 bridgehead atoms. The number of rotatable bonds is 3. The fourth-order valence-electron chi connectivity index (χ4n) is 2.41. The Balaban J connectivity index is 2.08. The third-order valence-corrected chi connectivity index (χ3v) is 3.87. The summed E-state index contributed by atoms with van der Waals surface area (Å²) >= 11 is 5.94. The number of carbonyl (C=O) groups excluding carboxylic acids is 2. The van der Waals surface area contributed by atoms with Crippen LogP contribution in [0.1, 0.15) is 39.0 Å². The van der Waals surface area contributed by atoms with Crippen LogP contribution in [0.15, 0.2) is 30.3 Å². The van der Waals surface area contributed by atoms with Crippen LogP contribution in [-0.4, -0.2) is 16.4 Å². The number of nitrogens with one attached hydrogen (secondary N) is 2. The molecule has 0 aliphatic heterocycles. The molecular weight excluding hydrogens is 302 g/mol. The smallest absolute Gasteiger partial charge is 0.271 e. The number of hydrogen-bond donors (Lipinski definition) is 2. The van der Waals surface area contributed by atoms with Crippen molar-refractivity contribution >= 4 is 23.4 Å². The van der Waals surface area contributed by atoms with Crippen LogP contribution in [0, 0.1) is 13.8 Å². The van der Waals surface area contributed by atoms with Crippen molar-refractivity contribution in [1.82, 2.24) is 15.4 Å². The number of aromatic nitrogens is 1. The van der Waals surface area contributed by atoms with Crippen molar-refractivity contribution in [3.05, 3.63) is 57.9 Å². The van der Waals surface area contributed by atoms with Crippen molar-refractivity contribution in [1.29, 1.82) is 0 Å². The van der Waals surface area contributed by atoms with Gasteiger partial charge in [-0.05, 0) is 39.0 Å². The molecule has 0 atom stereocenters. The Bertz CT molecular complexity index is 722. The van der Waals surface area contributed by atoms with Crippen LogP contribution < -0.4 is 10.9 Å². The van der Waals surface area contributed by atoms with E-state index in [1.165, 1.54) is 0 Å². The average molecular weight is 320 g/mol. The number of aryl methyl sites for hydroxylation is 1. The topological polar surface area (TPSA) is 63.1 Å². The van der Waals surface area contributed by atoms with Gasteiger partial charge in [-0.3, -0.25) is 20.4 Å².